The standard InChI is InChI=1S/C15H16N2OS/c16-9-11-4-3-7-17(10-11)15(18)14-8-12-5-1-2-6-13(12)19-14/h1-2,5-6,11,14H,3-4,7-8,10H2. The van der Waals surface area contributed by atoms with Crippen LogP contribution in [-0.4, -0.2) is 29.1 Å². The number of hydrogen-bond acceptors (Lipinski definition) is 3. The van der Waals surface area contributed by atoms with E-state index in [0.717, 1.165) is 25.8 Å². The van der Waals surface area contributed by atoms with Gasteiger partial charge in [-0.2, -0.15) is 5.26 Å². The third-order valence-corrected chi connectivity index (χ3v) is 5.14. The minimum atomic E-state index is 0.00911. The van der Waals surface area contributed by atoms with Gasteiger partial charge in [0.15, 0.2) is 0 Å². The number of likely N-dealkylation sites (tertiary alicyclic amines) is 1. The molecule has 0 spiro atoms. The van der Waals surface area contributed by atoms with Crippen molar-refractivity contribution in [3.63, 3.8) is 0 Å². The lowest BCUT2D eigenvalue weighted by molar-refractivity contribution is -0.131. The van der Waals surface area contributed by atoms with Crippen LogP contribution in [0.15, 0.2) is 29.2 Å². The number of piperidine rings is 1. The van der Waals surface area contributed by atoms with E-state index in [4.69, 9.17) is 5.26 Å². The monoisotopic (exact) mass is 272 g/mol. The maximum atomic E-state index is 12.5. The molecule has 3 nitrogen and oxygen atoms in total. The number of carbonyl (C=O) groups excluding carboxylic acids is 1. The van der Waals surface area contributed by atoms with Crippen molar-refractivity contribution >= 4 is 17.7 Å². The van der Waals surface area contributed by atoms with E-state index in [-0.39, 0.29) is 17.1 Å². The average Bonchev–Trinajstić information content (AvgIpc) is 2.90. The lowest BCUT2D eigenvalue weighted by atomic mass is 9.99. The van der Waals surface area contributed by atoms with Gasteiger partial charge in [-0.25, -0.2) is 0 Å². The first kappa shape index (κ1) is 12.6. The number of rotatable bonds is 1. The Hall–Kier alpha value is -1.47. The zero-order chi connectivity index (χ0) is 13.2. The Labute approximate surface area is 117 Å². The van der Waals surface area contributed by atoms with Crippen molar-refractivity contribution in [2.75, 3.05) is 13.1 Å². The molecule has 0 N–H and O–H groups in total. The fourth-order valence-electron chi connectivity index (χ4n) is 2.81. The van der Waals surface area contributed by atoms with Gasteiger partial charge in [0.05, 0.1) is 17.2 Å². The second-order valence-electron chi connectivity index (χ2n) is 5.17. The molecular weight excluding hydrogens is 256 g/mol. The van der Waals surface area contributed by atoms with Gasteiger partial charge in [-0.05, 0) is 30.9 Å². The summed E-state index contributed by atoms with van der Waals surface area (Å²) < 4.78 is 0. The molecule has 4 heteroatoms. The number of fused-ring (bicyclic) bond motifs is 1. The smallest absolute Gasteiger partial charge is 0.236 e. The number of thioether (sulfide) groups is 1. The van der Waals surface area contributed by atoms with Crippen LogP contribution in [0.25, 0.3) is 0 Å². The molecule has 2 aliphatic rings. The highest BCUT2D eigenvalue weighted by Gasteiger charge is 2.33. The van der Waals surface area contributed by atoms with Crippen molar-refractivity contribution in [2.45, 2.75) is 29.4 Å². The van der Waals surface area contributed by atoms with Gasteiger partial charge >= 0.3 is 0 Å². The summed E-state index contributed by atoms with van der Waals surface area (Å²) in [4.78, 5) is 15.6. The fraction of sp³-hybridized carbons (Fsp3) is 0.467. The van der Waals surface area contributed by atoms with Crippen LogP contribution < -0.4 is 0 Å². The van der Waals surface area contributed by atoms with Crippen molar-refractivity contribution in [1.29, 1.82) is 5.26 Å². The van der Waals surface area contributed by atoms with E-state index >= 15 is 0 Å². The summed E-state index contributed by atoms with van der Waals surface area (Å²) in [5.41, 5.74) is 1.28. The summed E-state index contributed by atoms with van der Waals surface area (Å²) in [6.45, 7) is 1.42. The zero-order valence-electron chi connectivity index (χ0n) is 10.7. The summed E-state index contributed by atoms with van der Waals surface area (Å²) in [5.74, 6) is 0.229. The lowest BCUT2D eigenvalue weighted by Crippen LogP contribution is -2.43. The zero-order valence-corrected chi connectivity index (χ0v) is 11.5. The molecule has 2 aliphatic heterocycles. The number of hydrogen-bond donors (Lipinski definition) is 0. The molecule has 98 valence electrons. The van der Waals surface area contributed by atoms with Crippen molar-refractivity contribution in [3.05, 3.63) is 29.8 Å². The minimum absolute atomic E-state index is 0.00911. The molecule has 19 heavy (non-hydrogen) atoms. The molecule has 1 fully saturated rings. The van der Waals surface area contributed by atoms with Gasteiger partial charge < -0.3 is 4.90 Å². The van der Waals surface area contributed by atoms with E-state index in [1.807, 2.05) is 17.0 Å². The molecule has 0 aliphatic carbocycles. The van der Waals surface area contributed by atoms with E-state index in [2.05, 4.69) is 18.2 Å². The number of carbonyl (C=O) groups is 1. The molecule has 0 bridgehead atoms. The molecule has 1 aromatic carbocycles. The van der Waals surface area contributed by atoms with Crippen molar-refractivity contribution in [2.24, 2.45) is 5.92 Å². The Morgan fingerprint density at radius 1 is 1.42 bits per heavy atom. The van der Waals surface area contributed by atoms with E-state index in [0.29, 0.717) is 6.54 Å². The summed E-state index contributed by atoms with van der Waals surface area (Å²) in [7, 11) is 0. The predicted molar refractivity (Wildman–Crippen MR) is 74.7 cm³/mol. The molecule has 3 rings (SSSR count). The molecule has 2 unspecified atom stereocenters. The summed E-state index contributed by atoms with van der Waals surface area (Å²) >= 11 is 1.67. The van der Waals surface area contributed by atoms with Crippen LogP contribution in [0.4, 0.5) is 0 Å². The van der Waals surface area contributed by atoms with Crippen LogP contribution in [-0.2, 0) is 11.2 Å². The summed E-state index contributed by atoms with van der Waals surface area (Å²) in [6.07, 6.45) is 2.71. The topological polar surface area (TPSA) is 44.1 Å². The van der Waals surface area contributed by atoms with E-state index in [1.165, 1.54) is 10.5 Å². The van der Waals surface area contributed by atoms with Gasteiger partial charge in [-0.1, -0.05) is 18.2 Å². The van der Waals surface area contributed by atoms with Crippen LogP contribution in [0.1, 0.15) is 18.4 Å². The van der Waals surface area contributed by atoms with E-state index in [9.17, 15) is 4.79 Å². The second-order valence-corrected chi connectivity index (χ2v) is 6.42. The van der Waals surface area contributed by atoms with Crippen LogP contribution in [0.5, 0.6) is 0 Å². The Balaban J connectivity index is 1.68. The highest BCUT2D eigenvalue weighted by Crippen LogP contribution is 2.38. The van der Waals surface area contributed by atoms with Crippen molar-refractivity contribution < 1.29 is 4.79 Å². The number of amides is 1. The van der Waals surface area contributed by atoms with Crippen molar-refractivity contribution in [1.82, 2.24) is 4.90 Å². The maximum Gasteiger partial charge on any atom is 0.236 e. The molecule has 1 amide bonds. The van der Waals surface area contributed by atoms with Gasteiger partial charge in [0.25, 0.3) is 0 Å². The highest BCUT2D eigenvalue weighted by molar-refractivity contribution is 8.01. The van der Waals surface area contributed by atoms with Crippen LogP contribution >= 0.6 is 11.8 Å². The summed E-state index contributed by atoms with van der Waals surface area (Å²) in [6, 6.07) is 10.5. The Bertz CT molecular complexity index is 512. The quantitative estimate of drug-likeness (QED) is 0.789. The maximum absolute atomic E-state index is 12.5. The normalized spacial score (nSPS) is 25.7. The third kappa shape index (κ3) is 2.48. The SMILES string of the molecule is N#CC1CCCN(C(=O)C2Cc3ccccc3S2)C1. The molecule has 2 atom stereocenters. The van der Waals surface area contributed by atoms with Crippen molar-refractivity contribution in [3.8, 4) is 6.07 Å². The summed E-state index contributed by atoms with van der Waals surface area (Å²) in [5, 5.41) is 9.01. The second kappa shape index (κ2) is 5.26. The fourth-order valence-corrected chi connectivity index (χ4v) is 4.09. The van der Waals surface area contributed by atoms with Gasteiger partial charge in [-0.3, -0.25) is 4.79 Å². The van der Waals surface area contributed by atoms with Crippen LogP contribution in [0.2, 0.25) is 0 Å². The first-order valence-electron chi connectivity index (χ1n) is 6.71. The number of benzene rings is 1. The minimum Gasteiger partial charge on any atom is -0.340 e. The molecule has 0 aromatic heterocycles. The molecular formula is C15H16N2OS. The van der Waals surface area contributed by atoms with Crippen LogP contribution in [0.3, 0.4) is 0 Å². The molecule has 1 saturated heterocycles. The Morgan fingerprint density at radius 2 is 2.26 bits per heavy atom. The Kier molecular flexibility index (Phi) is 3.48. The molecule has 0 radical (unpaired) electrons. The van der Waals surface area contributed by atoms with E-state index in [1.54, 1.807) is 11.8 Å². The van der Waals surface area contributed by atoms with Gasteiger partial charge in [0, 0.05) is 18.0 Å². The predicted octanol–water partition coefficient (Wildman–Crippen LogP) is 2.47. The largest absolute Gasteiger partial charge is 0.340 e. The Morgan fingerprint density at radius 3 is 3.05 bits per heavy atom. The third-order valence-electron chi connectivity index (χ3n) is 3.84. The lowest BCUT2D eigenvalue weighted by Gasteiger charge is -2.31. The first-order chi connectivity index (χ1) is 9.28. The molecule has 2 heterocycles. The van der Waals surface area contributed by atoms with Gasteiger partial charge in [0.2, 0.25) is 5.91 Å². The van der Waals surface area contributed by atoms with Crippen LogP contribution in [0, 0.1) is 17.2 Å². The highest BCUT2D eigenvalue weighted by atomic mass is 32.2. The van der Waals surface area contributed by atoms with Gasteiger partial charge in [-0.15, -0.1) is 11.8 Å². The molecule has 1 aromatic rings. The van der Waals surface area contributed by atoms with Gasteiger partial charge in [0.1, 0.15) is 0 Å². The molecule has 0 saturated carbocycles. The van der Waals surface area contributed by atoms with E-state index < -0.39 is 0 Å². The number of nitrogens with zero attached hydrogens (tertiary/aromatic N) is 2. The first-order valence-corrected chi connectivity index (χ1v) is 7.59. The number of nitriles is 1. The average molecular weight is 272 g/mol.